The molecule has 12 heavy (non-hydrogen) atoms. The van der Waals surface area contributed by atoms with Crippen molar-refractivity contribution in [3.8, 4) is 0 Å². The number of hydrogen-bond donors (Lipinski definition) is 0. The number of halogens is 1. The SMILES string of the molecule is COC(=O)C(F)=CC1C(C)C1C. The molecule has 0 spiro atoms. The molecule has 3 heteroatoms. The first kappa shape index (κ1) is 9.23. The van der Waals surface area contributed by atoms with Crippen LogP contribution in [0.3, 0.4) is 0 Å². The van der Waals surface area contributed by atoms with Crippen LogP contribution in [-0.2, 0) is 9.53 Å². The maximum absolute atomic E-state index is 12.8. The van der Waals surface area contributed by atoms with Crippen LogP contribution in [0.1, 0.15) is 13.8 Å². The number of carbonyl (C=O) groups is 1. The van der Waals surface area contributed by atoms with Gasteiger partial charge in [-0.15, -0.1) is 0 Å². The van der Waals surface area contributed by atoms with Gasteiger partial charge in [-0.05, 0) is 23.8 Å². The Labute approximate surface area is 71.4 Å². The summed E-state index contributed by atoms with van der Waals surface area (Å²) >= 11 is 0. The highest BCUT2D eigenvalue weighted by Crippen LogP contribution is 2.46. The number of ether oxygens (including phenoxy) is 1. The van der Waals surface area contributed by atoms with Gasteiger partial charge >= 0.3 is 5.97 Å². The minimum atomic E-state index is -0.874. The Balaban J connectivity index is 2.53. The summed E-state index contributed by atoms with van der Waals surface area (Å²) in [7, 11) is 1.18. The average molecular weight is 172 g/mol. The molecular formula is C9H13FO2. The molecule has 0 aromatic carbocycles. The second-order valence-corrected chi connectivity index (χ2v) is 3.30. The lowest BCUT2D eigenvalue weighted by molar-refractivity contribution is -0.137. The standard InChI is InChI=1S/C9H13FO2/c1-5-6(2)7(5)4-8(10)9(11)12-3/h4-7H,1-3H3. The van der Waals surface area contributed by atoms with E-state index >= 15 is 0 Å². The number of esters is 1. The molecule has 0 aromatic heterocycles. The van der Waals surface area contributed by atoms with Crippen molar-refractivity contribution in [2.45, 2.75) is 13.8 Å². The Morgan fingerprint density at radius 1 is 1.42 bits per heavy atom. The second-order valence-electron chi connectivity index (χ2n) is 3.30. The van der Waals surface area contributed by atoms with E-state index in [2.05, 4.69) is 4.74 Å². The highest BCUT2D eigenvalue weighted by atomic mass is 19.1. The number of carbonyl (C=O) groups excluding carboxylic acids is 1. The average Bonchev–Trinajstić information content (AvgIpc) is 2.60. The molecule has 1 saturated carbocycles. The normalized spacial score (nSPS) is 34.7. The monoisotopic (exact) mass is 172 g/mol. The Morgan fingerprint density at radius 3 is 2.25 bits per heavy atom. The largest absolute Gasteiger partial charge is 0.464 e. The molecule has 0 bridgehead atoms. The van der Waals surface area contributed by atoms with Gasteiger partial charge in [0.2, 0.25) is 5.83 Å². The maximum Gasteiger partial charge on any atom is 0.366 e. The number of hydrogen-bond acceptors (Lipinski definition) is 2. The first-order valence-corrected chi connectivity index (χ1v) is 4.03. The summed E-state index contributed by atoms with van der Waals surface area (Å²) in [4.78, 5) is 10.6. The molecule has 0 amide bonds. The Morgan fingerprint density at radius 2 is 1.92 bits per heavy atom. The Hall–Kier alpha value is -0.860. The summed E-state index contributed by atoms with van der Waals surface area (Å²) in [5, 5.41) is 0. The van der Waals surface area contributed by atoms with Crippen molar-refractivity contribution < 1.29 is 13.9 Å². The zero-order chi connectivity index (χ0) is 9.30. The molecule has 1 rings (SSSR count). The molecule has 1 aliphatic rings. The van der Waals surface area contributed by atoms with Gasteiger partial charge in [-0.3, -0.25) is 0 Å². The third-order valence-corrected chi connectivity index (χ3v) is 2.62. The van der Waals surface area contributed by atoms with Crippen LogP contribution in [0.15, 0.2) is 11.9 Å². The van der Waals surface area contributed by atoms with E-state index in [1.54, 1.807) is 0 Å². The molecule has 2 atom stereocenters. The Kier molecular flexibility index (Phi) is 2.50. The van der Waals surface area contributed by atoms with E-state index in [-0.39, 0.29) is 5.92 Å². The fourth-order valence-electron chi connectivity index (χ4n) is 1.34. The predicted molar refractivity (Wildman–Crippen MR) is 43.0 cm³/mol. The highest BCUT2D eigenvalue weighted by molar-refractivity contribution is 5.85. The maximum atomic E-state index is 12.8. The van der Waals surface area contributed by atoms with Gasteiger partial charge in [0.15, 0.2) is 0 Å². The number of methoxy groups -OCH3 is 1. The van der Waals surface area contributed by atoms with Crippen molar-refractivity contribution in [2.75, 3.05) is 7.11 Å². The topological polar surface area (TPSA) is 26.3 Å². The van der Waals surface area contributed by atoms with E-state index in [0.29, 0.717) is 11.8 Å². The van der Waals surface area contributed by atoms with Gasteiger partial charge in [-0.2, -0.15) is 4.39 Å². The summed E-state index contributed by atoms with van der Waals surface area (Å²) in [6.07, 6.45) is 1.36. The van der Waals surface area contributed by atoms with Gasteiger partial charge in [-0.25, -0.2) is 4.79 Å². The predicted octanol–water partition coefficient (Wildman–Crippen LogP) is 1.91. The fourth-order valence-corrected chi connectivity index (χ4v) is 1.34. The molecule has 68 valence electrons. The first-order valence-electron chi connectivity index (χ1n) is 4.03. The highest BCUT2D eigenvalue weighted by Gasteiger charge is 2.41. The van der Waals surface area contributed by atoms with Crippen molar-refractivity contribution in [1.82, 2.24) is 0 Å². The zero-order valence-electron chi connectivity index (χ0n) is 7.50. The van der Waals surface area contributed by atoms with Gasteiger partial charge in [0.05, 0.1) is 7.11 Å². The van der Waals surface area contributed by atoms with Crippen LogP contribution >= 0.6 is 0 Å². The summed E-state index contributed by atoms with van der Waals surface area (Å²) in [5.74, 6) is -0.454. The van der Waals surface area contributed by atoms with Gasteiger partial charge < -0.3 is 4.74 Å². The van der Waals surface area contributed by atoms with Gasteiger partial charge in [-0.1, -0.05) is 13.8 Å². The molecule has 0 radical (unpaired) electrons. The molecule has 1 fully saturated rings. The minimum Gasteiger partial charge on any atom is -0.464 e. The zero-order valence-corrected chi connectivity index (χ0v) is 7.50. The molecule has 0 aliphatic heterocycles. The smallest absolute Gasteiger partial charge is 0.366 e. The molecular weight excluding hydrogens is 159 g/mol. The lowest BCUT2D eigenvalue weighted by atomic mass is 10.3. The van der Waals surface area contributed by atoms with E-state index < -0.39 is 11.8 Å². The van der Waals surface area contributed by atoms with E-state index in [0.717, 1.165) is 0 Å². The van der Waals surface area contributed by atoms with Crippen molar-refractivity contribution in [1.29, 1.82) is 0 Å². The molecule has 0 aromatic rings. The van der Waals surface area contributed by atoms with Crippen LogP contribution in [-0.4, -0.2) is 13.1 Å². The van der Waals surface area contributed by atoms with Crippen molar-refractivity contribution in [2.24, 2.45) is 17.8 Å². The second kappa shape index (κ2) is 3.25. The van der Waals surface area contributed by atoms with Gasteiger partial charge in [0.1, 0.15) is 0 Å². The van der Waals surface area contributed by atoms with Crippen LogP contribution in [0.25, 0.3) is 0 Å². The third-order valence-electron chi connectivity index (χ3n) is 2.62. The van der Waals surface area contributed by atoms with Gasteiger partial charge in [0.25, 0.3) is 0 Å². The van der Waals surface area contributed by atoms with Gasteiger partial charge in [0, 0.05) is 0 Å². The molecule has 0 saturated heterocycles. The lowest BCUT2D eigenvalue weighted by Gasteiger charge is -1.93. The summed E-state index contributed by atoms with van der Waals surface area (Å²) in [6.45, 7) is 4.08. The van der Waals surface area contributed by atoms with E-state index in [9.17, 15) is 9.18 Å². The fraction of sp³-hybridized carbons (Fsp3) is 0.667. The summed E-state index contributed by atoms with van der Waals surface area (Å²) < 4.78 is 17.0. The molecule has 0 N–H and O–H groups in total. The number of allylic oxidation sites excluding steroid dienone is 1. The van der Waals surface area contributed by atoms with Crippen molar-refractivity contribution >= 4 is 5.97 Å². The quantitative estimate of drug-likeness (QED) is 0.470. The molecule has 1 aliphatic carbocycles. The summed E-state index contributed by atoms with van der Waals surface area (Å²) in [6, 6.07) is 0. The number of rotatable bonds is 2. The van der Waals surface area contributed by atoms with Crippen LogP contribution in [0.4, 0.5) is 4.39 Å². The van der Waals surface area contributed by atoms with E-state index in [4.69, 9.17) is 0 Å². The van der Waals surface area contributed by atoms with E-state index in [1.165, 1.54) is 13.2 Å². The van der Waals surface area contributed by atoms with Crippen LogP contribution in [0.5, 0.6) is 0 Å². The third kappa shape index (κ3) is 1.65. The summed E-state index contributed by atoms with van der Waals surface area (Å²) in [5.41, 5.74) is 0. The molecule has 2 nitrogen and oxygen atoms in total. The molecule has 2 unspecified atom stereocenters. The van der Waals surface area contributed by atoms with Crippen LogP contribution < -0.4 is 0 Å². The van der Waals surface area contributed by atoms with Crippen LogP contribution in [0.2, 0.25) is 0 Å². The van der Waals surface area contributed by atoms with Crippen molar-refractivity contribution in [3.63, 3.8) is 0 Å². The first-order chi connectivity index (χ1) is 5.57. The van der Waals surface area contributed by atoms with Crippen LogP contribution in [0, 0.1) is 17.8 Å². The van der Waals surface area contributed by atoms with E-state index in [1.807, 2.05) is 13.8 Å². The minimum absolute atomic E-state index is 0.212. The lowest BCUT2D eigenvalue weighted by Crippen LogP contribution is -2.00. The van der Waals surface area contributed by atoms with Crippen molar-refractivity contribution in [3.05, 3.63) is 11.9 Å². The molecule has 0 heterocycles. The Bertz CT molecular complexity index is 215.